The van der Waals surface area contributed by atoms with Gasteiger partial charge in [-0.15, -0.1) is 0 Å². The second-order valence-electron chi connectivity index (χ2n) is 3.91. The second kappa shape index (κ2) is 7.55. The zero-order valence-corrected chi connectivity index (χ0v) is 10.6. The number of carbonyl (C=O) groups is 1. The van der Waals surface area contributed by atoms with Gasteiger partial charge in [0.2, 0.25) is 0 Å². The smallest absolute Gasteiger partial charge is 0.407 e. The third-order valence-corrected chi connectivity index (χ3v) is 3.04. The standard InChI is InChI=1S/C12H25NO2/c1-5-9-10-13-11(14)15-12(6-2,7-3)8-4/h5-10H2,1-4H3,(H,13,14). The van der Waals surface area contributed by atoms with Crippen LogP contribution in [0, 0.1) is 0 Å². The fourth-order valence-corrected chi connectivity index (χ4v) is 1.57. The average molecular weight is 215 g/mol. The van der Waals surface area contributed by atoms with E-state index in [-0.39, 0.29) is 11.7 Å². The largest absolute Gasteiger partial charge is 0.443 e. The predicted molar refractivity (Wildman–Crippen MR) is 63.0 cm³/mol. The van der Waals surface area contributed by atoms with Crippen LogP contribution in [-0.4, -0.2) is 18.2 Å². The highest BCUT2D eigenvalue weighted by molar-refractivity contribution is 5.67. The van der Waals surface area contributed by atoms with E-state index in [4.69, 9.17) is 4.74 Å². The molecule has 0 radical (unpaired) electrons. The quantitative estimate of drug-likeness (QED) is 0.660. The van der Waals surface area contributed by atoms with Crippen molar-refractivity contribution in [1.29, 1.82) is 0 Å². The first-order valence-corrected chi connectivity index (χ1v) is 6.11. The summed E-state index contributed by atoms with van der Waals surface area (Å²) in [5.74, 6) is 0. The molecule has 0 rings (SSSR count). The van der Waals surface area contributed by atoms with E-state index in [9.17, 15) is 4.79 Å². The summed E-state index contributed by atoms with van der Waals surface area (Å²) in [4.78, 5) is 11.5. The number of amides is 1. The van der Waals surface area contributed by atoms with E-state index in [1.54, 1.807) is 0 Å². The zero-order valence-electron chi connectivity index (χ0n) is 10.6. The molecule has 0 heterocycles. The molecule has 15 heavy (non-hydrogen) atoms. The molecule has 90 valence electrons. The average Bonchev–Trinajstić information content (AvgIpc) is 2.26. The summed E-state index contributed by atoms with van der Waals surface area (Å²) < 4.78 is 5.48. The molecule has 0 unspecified atom stereocenters. The Kier molecular flexibility index (Phi) is 7.18. The van der Waals surface area contributed by atoms with Gasteiger partial charge in [0.05, 0.1) is 0 Å². The number of rotatable bonds is 7. The maximum Gasteiger partial charge on any atom is 0.407 e. The fraction of sp³-hybridized carbons (Fsp3) is 0.917. The molecular weight excluding hydrogens is 190 g/mol. The molecule has 0 aromatic carbocycles. The van der Waals surface area contributed by atoms with E-state index >= 15 is 0 Å². The van der Waals surface area contributed by atoms with Crippen LogP contribution in [0.1, 0.15) is 59.8 Å². The summed E-state index contributed by atoms with van der Waals surface area (Å²) in [5, 5.41) is 2.78. The Labute approximate surface area is 93.6 Å². The summed E-state index contributed by atoms with van der Waals surface area (Å²) in [6.45, 7) is 9.00. The van der Waals surface area contributed by atoms with E-state index in [1.807, 2.05) is 0 Å². The van der Waals surface area contributed by atoms with Gasteiger partial charge in [0.1, 0.15) is 5.60 Å². The first-order valence-electron chi connectivity index (χ1n) is 6.11. The molecule has 3 heteroatoms. The first kappa shape index (κ1) is 14.3. The van der Waals surface area contributed by atoms with Crippen LogP contribution in [0.5, 0.6) is 0 Å². The molecule has 0 aliphatic carbocycles. The van der Waals surface area contributed by atoms with Gasteiger partial charge in [-0.1, -0.05) is 34.1 Å². The van der Waals surface area contributed by atoms with E-state index < -0.39 is 0 Å². The minimum Gasteiger partial charge on any atom is -0.443 e. The van der Waals surface area contributed by atoms with Crippen molar-refractivity contribution in [2.75, 3.05) is 6.54 Å². The van der Waals surface area contributed by atoms with Gasteiger partial charge in [0.15, 0.2) is 0 Å². The Morgan fingerprint density at radius 2 is 1.67 bits per heavy atom. The summed E-state index contributed by atoms with van der Waals surface area (Å²) in [7, 11) is 0. The lowest BCUT2D eigenvalue weighted by Crippen LogP contribution is -2.38. The van der Waals surface area contributed by atoms with Crippen LogP contribution in [0.25, 0.3) is 0 Å². The van der Waals surface area contributed by atoms with Gasteiger partial charge in [-0.25, -0.2) is 4.79 Å². The molecule has 0 bridgehead atoms. The Hall–Kier alpha value is -0.730. The van der Waals surface area contributed by atoms with Gasteiger partial charge in [-0.05, 0) is 25.7 Å². The lowest BCUT2D eigenvalue weighted by molar-refractivity contribution is 0.00170. The van der Waals surface area contributed by atoms with Gasteiger partial charge < -0.3 is 10.1 Å². The molecule has 0 aromatic heterocycles. The van der Waals surface area contributed by atoms with Crippen molar-refractivity contribution >= 4 is 6.09 Å². The number of carbonyl (C=O) groups excluding carboxylic acids is 1. The van der Waals surface area contributed by atoms with Crippen LogP contribution in [0.3, 0.4) is 0 Å². The number of nitrogens with one attached hydrogen (secondary N) is 1. The van der Waals surface area contributed by atoms with Crippen molar-refractivity contribution < 1.29 is 9.53 Å². The normalized spacial score (nSPS) is 11.2. The van der Waals surface area contributed by atoms with Gasteiger partial charge in [0.25, 0.3) is 0 Å². The molecule has 0 spiro atoms. The SMILES string of the molecule is CCCCNC(=O)OC(CC)(CC)CC. The number of ether oxygens (including phenoxy) is 1. The Balaban J connectivity index is 4.00. The van der Waals surface area contributed by atoms with Crippen LogP contribution in [0.2, 0.25) is 0 Å². The Morgan fingerprint density at radius 3 is 2.07 bits per heavy atom. The van der Waals surface area contributed by atoms with Crippen molar-refractivity contribution in [3.63, 3.8) is 0 Å². The number of hydrogen-bond acceptors (Lipinski definition) is 2. The van der Waals surface area contributed by atoms with Crippen molar-refractivity contribution in [2.24, 2.45) is 0 Å². The van der Waals surface area contributed by atoms with Crippen molar-refractivity contribution in [1.82, 2.24) is 5.32 Å². The molecule has 0 aromatic rings. The van der Waals surface area contributed by atoms with Crippen LogP contribution in [-0.2, 0) is 4.74 Å². The maximum atomic E-state index is 11.5. The highest BCUT2D eigenvalue weighted by atomic mass is 16.6. The Bertz CT molecular complexity index is 168. The van der Waals surface area contributed by atoms with Crippen molar-refractivity contribution in [3.8, 4) is 0 Å². The second-order valence-corrected chi connectivity index (χ2v) is 3.91. The van der Waals surface area contributed by atoms with Crippen LogP contribution < -0.4 is 5.32 Å². The van der Waals surface area contributed by atoms with E-state index in [0.29, 0.717) is 6.54 Å². The highest BCUT2D eigenvalue weighted by Crippen LogP contribution is 2.24. The minimum atomic E-state index is -0.269. The lowest BCUT2D eigenvalue weighted by atomic mass is 9.94. The summed E-state index contributed by atoms with van der Waals surface area (Å²) >= 11 is 0. The van der Waals surface area contributed by atoms with Crippen molar-refractivity contribution in [2.45, 2.75) is 65.4 Å². The molecule has 0 saturated heterocycles. The van der Waals surface area contributed by atoms with Crippen LogP contribution in [0.15, 0.2) is 0 Å². The topological polar surface area (TPSA) is 38.3 Å². The molecule has 0 aliphatic rings. The molecule has 3 nitrogen and oxygen atoms in total. The maximum absolute atomic E-state index is 11.5. The molecule has 0 atom stereocenters. The number of unbranched alkanes of at least 4 members (excludes halogenated alkanes) is 1. The van der Waals surface area contributed by atoms with Gasteiger partial charge >= 0.3 is 6.09 Å². The lowest BCUT2D eigenvalue weighted by Gasteiger charge is -2.30. The highest BCUT2D eigenvalue weighted by Gasteiger charge is 2.28. The summed E-state index contributed by atoms with van der Waals surface area (Å²) in [6, 6.07) is 0. The monoisotopic (exact) mass is 215 g/mol. The number of hydrogen-bond donors (Lipinski definition) is 1. The van der Waals surface area contributed by atoms with Crippen molar-refractivity contribution in [3.05, 3.63) is 0 Å². The minimum absolute atomic E-state index is 0.268. The molecule has 1 N–H and O–H groups in total. The third kappa shape index (κ3) is 5.05. The van der Waals surface area contributed by atoms with Crippen LogP contribution >= 0.6 is 0 Å². The van der Waals surface area contributed by atoms with Gasteiger partial charge in [0, 0.05) is 6.54 Å². The summed E-state index contributed by atoms with van der Waals surface area (Å²) in [6.07, 6.45) is 4.45. The third-order valence-electron chi connectivity index (χ3n) is 3.04. The fourth-order valence-electron chi connectivity index (χ4n) is 1.57. The van der Waals surface area contributed by atoms with Gasteiger partial charge in [-0.3, -0.25) is 0 Å². The molecule has 1 amide bonds. The van der Waals surface area contributed by atoms with Gasteiger partial charge in [-0.2, -0.15) is 0 Å². The van der Waals surface area contributed by atoms with Crippen LogP contribution in [0.4, 0.5) is 4.79 Å². The van der Waals surface area contributed by atoms with E-state index in [2.05, 4.69) is 33.0 Å². The molecule has 0 fully saturated rings. The number of alkyl carbamates (subject to hydrolysis) is 1. The summed E-state index contributed by atoms with van der Waals surface area (Å²) in [5.41, 5.74) is -0.268. The molecule has 0 aliphatic heterocycles. The predicted octanol–water partition coefficient (Wildman–Crippen LogP) is 3.48. The zero-order chi connectivity index (χ0) is 11.7. The van der Waals surface area contributed by atoms with E-state index in [0.717, 1.165) is 32.1 Å². The molecular formula is C12H25NO2. The first-order chi connectivity index (χ1) is 7.14. The van der Waals surface area contributed by atoms with E-state index in [1.165, 1.54) is 0 Å². The Morgan fingerprint density at radius 1 is 1.13 bits per heavy atom. The molecule has 0 saturated carbocycles.